The van der Waals surface area contributed by atoms with Gasteiger partial charge in [-0.3, -0.25) is 4.79 Å². The molecular formula is C17H20FN3O2. The summed E-state index contributed by atoms with van der Waals surface area (Å²) in [6.45, 7) is 2.26. The highest BCUT2D eigenvalue weighted by molar-refractivity contribution is 5.88. The van der Waals surface area contributed by atoms with Gasteiger partial charge < -0.3 is 14.6 Å². The molecule has 1 amide bonds. The Kier molecular flexibility index (Phi) is 4.71. The second-order valence-corrected chi connectivity index (χ2v) is 5.76. The largest absolute Gasteiger partial charge is 0.381 e. The summed E-state index contributed by atoms with van der Waals surface area (Å²) in [6, 6.07) is 6.23. The fraction of sp³-hybridized carbons (Fsp3) is 0.412. The number of halogens is 1. The Morgan fingerprint density at radius 2 is 2.04 bits per heavy atom. The van der Waals surface area contributed by atoms with Crippen molar-refractivity contribution in [1.82, 2.24) is 14.9 Å². The molecule has 2 heterocycles. The Labute approximate surface area is 134 Å². The Bertz CT molecular complexity index is 634. The number of imidazole rings is 1. The molecule has 0 aliphatic carbocycles. The van der Waals surface area contributed by atoms with Crippen molar-refractivity contribution >= 4 is 5.91 Å². The third-order valence-electron chi connectivity index (χ3n) is 4.39. The third-order valence-corrected chi connectivity index (χ3v) is 4.39. The average Bonchev–Trinajstić information content (AvgIpc) is 3.09. The first-order valence-electron chi connectivity index (χ1n) is 7.78. The minimum Gasteiger partial charge on any atom is -0.381 e. The molecule has 1 N–H and O–H groups in total. The van der Waals surface area contributed by atoms with Gasteiger partial charge in [0.05, 0.1) is 11.7 Å². The van der Waals surface area contributed by atoms with Crippen LogP contribution < -0.4 is 5.32 Å². The summed E-state index contributed by atoms with van der Waals surface area (Å²) >= 11 is 0. The van der Waals surface area contributed by atoms with Crippen molar-refractivity contribution < 1.29 is 13.9 Å². The monoisotopic (exact) mass is 317 g/mol. The molecule has 1 saturated heterocycles. The lowest BCUT2D eigenvalue weighted by molar-refractivity contribution is -0.130. The van der Waals surface area contributed by atoms with Crippen LogP contribution >= 0.6 is 0 Å². The van der Waals surface area contributed by atoms with E-state index in [0.29, 0.717) is 39.1 Å². The lowest BCUT2D eigenvalue weighted by atomic mass is 9.73. The van der Waals surface area contributed by atoms with E-state index in [4.69, 9.17) is 4.74 Å². The molecule has 1 fully saturated rings. The van der Waals surface area contributed by atoms with E-state index in [1.165, 1.54) is 12.1 Å². The van der Waals surface area contributed by atoms with Crippen LogP contribution in [0.2, 0.25) is 0 Å². The van der Waals surface area contributed by atoms with Crippen molar-refractivity contribution in [3.05, 3.63) is 54.4 Å². The van der Waals surface area contributed by atoms with Crippen LogP contribution in [-0.4, -0.2) is 35.2 Å². The summed E-state index contributed by atoms with van der Waals surface area (Å²) < 4.78 is 20.5. The van der Waals surface area contributed by atoms with Crippen molar-refractivity contribution in [3.63, 3.8) is 0 Å². The molecule has 5 nitrogen and oxygen atoms in total. The SMILES string of the molecule is O=C(NCCn1ccnc1)C1(c2ccc(F)cc2)CCOCC1. The molecule has 1 aromatic heterocycles. The zero-order valence-corrected chi connectivity index (χ0v) is 12.9. The number of nitrogens with one attached hydrogen (secondary N) is 1. The lowest BCUT2D eigenvalue weighted by Crippen LogP contribution is -2.48. The Morgan fingerprint density at radius 1 is 1.30 bits per heavy atom. The topological polar surface area (TPSA) is 56.2 Å². The Balaban J connectivity index is 1.72. The van der Waals surface area contributed by atoms with Crippen molar-refractivity contribution in [2.75, 3.05) is 19.8 Å². The number of hydrogen-bond acceptors (Lipinski definition) is 3. The van der Waals surface area contributed by atoms with Crippen LogP contribution in [0, 0.1) is 5.82 Å². The van der Waals surface area contributed by atoms with Crippen LogP contribution in [0.4, 0.5) is 4.39 Å². The predicted molar refractivity (Wildman–Crippen MR) is 83.4 cm³/mol. The van der Waals surface area contributed by atoms with E-state index in [1.807, 2.05) is 10.8 Å². The number of carbonyl (C=O) groups excluding carboxylic acids is 1. The molecular weight excluding hydrogens is 297 g/mol. The molecule has 2 aromatic rings. The highest BCUT2D eigenvalue weighted by atomic mass is 19.1. The van der Waals surface area contributed by atoms with Gasteiger partial charge in [0.25, 0.3) is 0 Å². The molecule has 1 aliphatic heterocycles. The number of amides is 1. The molecule has 3 rings (SSSR count). The minimum absolute atomic E-state index is 0.0208. The van der Waals surface area contributed by atoms with Crippen LogP contribution in [0.3, 0.4) is 0 Å². The molecule has 1 aliphatic rings. The summed E-state index contributed by atoms with van der Waals surface area (Å²) in [5.74, 6) is -0.316. The Morgan fingerprint density at radius 3 is 2.70 bits per heavy atom. The normalized spacial score (nSPS) is 16.9. The molecule has 6 heteroatoms. The van der Waals surface area contributed by atoms with Crippen LogP contribution in [0.15, 0.2) is 43.0 Å². The number of benzene rings is 1. The van der Waals surface area contributed by atoms with Gasteiger partial charge in [0.15, 0.2) is 0 Å². The van der Waals surface area contributed by atoms with E-state index in [1.54, 1.807) is 24.7 Å². The molecule has 1 aromatic carbocycles. The van der Waals surface area contributed by atoms with Gasteiger partial charge in [-0.2, -0.15) is 0 Å². The van der Waals surface area contributed by atoms with Gasteiger partial charge in [-0.15, -0.1) is 0 Å². The van der Waals surface area contributed by atoms with E-state index < -0.39 is 5.41 Å². The summed E-state index contributed by atoms with van der Waals surface area (Å²) in [7, 11) is 0. The molecule has 0 spiro atoms. The first kappa shape index (κ1) is 15.7. The average molecular weight is 317 g/mol. The van der Waals surface area contributed by atoms with Crippen molar-refractivity contribution in [1.29, 1.82) is 0 Å². The quantitative estimate of drug-likeness (QED) is 0.916. The summed E-state index contributed by atoms with van der Waals surface area (Å²) in [5.41, 5.74) is 0.211. The summed E-state index contributed by atoms with van der Waals surface area (Å²) in [5, 5.41) is 3.01. The van der Waals surface area contributed by atoms with Gasteiger partial charge in [0.1, 0.15) is 5.82 Å². The number of nitrogens with zero attached hydrogens (tertiary/aromatic N) is 2. The van der Waals surface area contributed by atoms with E-state index in [-0.39, 0.29) is 11.7 Å². The van der Waals surface area contributed by atoms with Gasteiger partial charge in [0, 0.05) is 38.7 Å². The third kappa shape index (κ3) is 3.42. The molecule has 0 unspecified atom stereocenters. The van der Waals surface area contributed by atoms with E-state index in [0.717, 1.165) is 5.56 Å². The van der Waals surface area contributed by atoms with E-state index in [9.17, 15) is 9.18 Å². The molecule has 0 bridgehead atoms. The van der Waals surface area contributed by atoms with Gasteiger partial charge in [-0.25, -0.2) is 9.37 Å². The standard InChI is InChI=1S/C17H20FN3O2/c18-15-3-1-14(2-4-15)17(5-11-23-12-6-17)16(22)20-8-10-21-9-7-19-13-21/h1-4,7,9,13H,5-6,8,10-12H2,(H,20,22). The molecule has 0 saturated carbocycles. The highest BCUT2D eigenvalue weighted by Crippen LogP contribution is 2.35. The smallest absolute Gasteiger partial charge is 0.230 e. The van der Waals surface area contributed by atoms with E-state index in [2.05, 4.69) is 10.3 Å². The fourth-order valence-electron chi connectivity index (χ4n) is 3.02. The van der Waals surface area contributed by atoms with Crippen LogP contribution in [0.1, 0.15) is 18.4 Å². The van der Waals surface area contributed by atoms with Crippen molar-refractivity contribution in [2.24, 2.45) is 0 Å². The van der Waals surface area contributed by atoms with Gasteiger partial charge in [-0.05, 0) is 30.5 Å². The minimum atomic E-state index is -0.638. The van der Waals surface area contributed by atoms with Gasteiger partial charge in [-0.1, -0.05) is 12.1 Å². The maximum Gasteiger partial charge on any atom is 0.230 e. The van der Waals surface area contributed by atoms with Crippen LogP contribution in [-0.2, 0) is 21.5 Å². The van der Waals surface area contributed by atoms with Crippen molar-refractivity contribution in [3.8, 4) is 0 Å². The number of carbonyl (C=O) groups is 1. The summed E-state index contributed by atoms with van der Waals surface area (Å²) in [4.78, 5) is 16.8. The predicted octanol–water partition coefficient (Wildman–Crippen LogP) is 1.89. The van der Waals surface area contributed by atoms with Gasteiger partial charge in [0.2, 0.25) is 5.91 Å². The van der Waals surface area contributed by atoms with Crippen molar-refractivity contribution in [2.45, 2.75) is 24.8 Å². The second kappa shape index (κ2) is 6.91. The molecule has 0 atom stereocenters. The number of hydrogen-bond donors (Lipinski definition) is 1. The Hall–Kier alpha value is -2.21. The second-order valence-electron chi connectivity index (χ2n) is 5.76. The molecule has 23 heavy (non-hydrogen) atoms. The maximum atomic E-state index is 13.2. The zero-order chi connectivity index (χ0) is 16.1. The van der Waals surface area contributed by atoms with Crippen LogP contribution in [0.25, 0.3) is 0 Å². The fourth-order valence-corrected chi connectivity index (χ4v) is 3.02. The lowest BCUT2D eigenvalue weighted by Gasteiger charge is -2.36. The van der Waals surface area contributed by atoms with Crippen LogP contribution in [0.5, 0.6) is 0 Å². The zero-order valence-electron chi connectivity index (χ0n) is 12.9. The molecule has 0 radical (unpaired) electrons. The van der Waals surface area contributed by atoms with Gasteiger partial charge >= 0.3 is 0 Å². The number of aromatic nitrogens is 2. The first-order valence-corrected chi connectivity index (χ1v) is 7.78. The molecule has 122 valence electrons. The maximum absolute atomic E-state index is 13.2. The summed E-state index contributed by atoms with van der Waals surface area (Å²) in [6.07, 6.45) is 6.50. The number of ether oxygens (including phenoxy) is 1. The number of rotatable bonds is 5. The highest BCUT2D eigenvalue weighted by Gasteiger charge is 2.41. The van der Waals surface area contributed by atoms with E-state index >= 15 is 0 Å². The first-order chi connectivity index (χ1) is 11.2.